The van der Waals surface area contributed by atoms with Crippen molar-refractivity contribution in [3.8, 4) is 0 Å². The first-order valence-electron chi connectivity index (χ1n) is 3.84. The van der Waals surface area contributed by atoms with Crippen LogP contribution in [0.15, 0.2) is 6.20 Å². The van der Waals surface area contributed by atoms with Crippen molar-refractivity contribution in [3.05, 3.63) is 11.9 Å². The second-order valence-electron chi connectivity index (χ2n) is 3.05. The number of hydrogen-bond acceptors (Lipinski definition) is 3. The van der Waals surface area contributed by atoms with E-state index in [1.54, 1.807) is 4.68 Å². The molecule has 11 heavy (non-hydrogen) atoms. The van der Waals surface area contributed by atoms with E-state index in [-0.39, 0.29) is 0 Å². The SMILES string of the molecule is CNC1CC1c1cn(C)nn1. The van der Waals surface area contributed by atoms with E-state index in [9.17, 15) is 0 Å². The number of aryl methyl sites for hydroxylation is 1. The zero-order valence-corrected chi connectivity index (χ0v) is 6.78. The van der Waals surface area contributed by atoms with E-state index in [0.717, 1.165) is 5.69 Å². The third-order valence-electron chi connectivity index (χ3n) is 2.16. The zero-order valence-electron chi connectivity index (χ0n) is 6.78. The number of nitrogens with zero attached hydrogens (tertiary/aromatic N) is 3. The van der Waals surface area contributed by atoms with Crippen molar-refractivity contribution in [1.82, 2.24) is 20.3 Å². The molecule has 0 spiro atoms. The number of hydrogen-bond donors (Lipinski definition) is 1. The topological polar surface area (TPSA) is 42.7 Å². The average molecular weight is 152 g/mol. The van der Waals surface area contributed by atoms with Gasteiger partial charge in [0.1, 0.15) is 0 Å². The predicted molar refractivity (Wildman–Crippen MR) is 41.2 cm³/mol. The van der Waals surface area contributed by atoms with Gasteiger partial charge in [0.2, 0.25) is 0 Å². The van der Waals surface area contributed by atoms with Gasteiger partial charge in [0.05, 0.1) is 5.69 Å². The summed E-state index contributed by atoms with van der Waals surface area (Å²) in [4.78, 5) is 0. The molecule has 1 aromatic rings. The monoisotopic (exact) mass is 152 g/mol. The number of likely N-dealkylation sites (N-methyl/N-ethyl adjacent to an activating group) is 1. The molecule has 0 bridgehead atoms. The van der Waals surface area contributed by atoms with Crippen molar-refractivity contribution in [2.24, 2.45) is 7.05 Å². The molecule has 1 fully saturated rings. The average Bonchev–Trinajstić information content (AvgIpc) is 2.68. The Labute approximate surface area is 65.6 Å². The van der Waals surface area contributed by atoms with Crippen LogP contribution in [0.5, 0.6) is 0 Å². The van der Waals surface area contributed by atoms with E-state index in [4.69, 9.17) is 0 Å². The lowest BCUT2D eigenvalue weighted by Crippen LogP contribution is -2.10. The van der Waals surface area contributed by atoms with Gasteiger partial charge in [-0.25, -0.2) is 0 Å². The van der Waals surface area contributed by atoms with E-state index < -0.39 is 0 Å². The quantitative estimate of drug-likeness (QED) is 0.643. The molecule has 1 aromatic heterocycles. The highest BCUT2D eigenvalue weighted by atomic mass is 15.4. The lowest BCUT2D eigenvalue weighted by Gasteiger charge is -1.90. The molecule has 60 valence electrons. The molecule has 2 rings (SSSR count). The van der Waals surface area contributed by atoms with E-state index in [0.29, 0.717) is 12.0 Å². The summed E-state index contributed by atoms with van der Waals surface area (Å²) in [5.74, 6) is 0.605. The molecule has 0 amide bonds. The molecule has 1 N–H and O–H groups in total. The maximum atomic E-state index is 4.05. The van der Waals surface area contributed by atoms with Crippen molar-refractivity contribution >= 4 is 0 Å². The van der Waals surface area contributed by atoms with Crippen LogP contribution >= 0.6 is 0 Å². The number of rotatable bonds is 2. The van der Waals surface area contributed by atoms with Gasteiger partial charge in [-0.15, -0.1) is 5.10 Å². The fourth-order valence-electron chi connectivity index (χ4n) is 1.38. The van der Waals surface area contributed by atoms with Crippen LogP contribution < -0.4 is 5.32 Å². The molecule has 0 saturated heterocycles. The fraction of sp³-hybridized carbons (Fsp3) is 0.714. The maximum absolute atomic E-state index is 4.05. The van der Waals surface area contributed by atoms with Crippen LogP contribution in [-0.4, -0.2) is 28.1 Å². The molecule has 2 unspecified atom stereocenters. The van der Waals surface area contributed by atoms with Gasteiger partial charge in [0.15, 0.2) is 0 Å². The van der Waals surface area contributed by atoms with Gasteiger partial charge in [0.25, 0.3) is 0 Å². The van der Waals surface area contributed by atoms with Crippen LogP contribution in [0.25, 0.3) is 0 Å². The van der Waals surface area contributed by atoms with Gasteiger partial charge in [-0.2, -0.15) is 0 Å². The van der Waals surface area contributed by atoms with Crippen molar-refractivity contribution < 1.29 is 0 Å². The lowest BCUT2D eigenvalue weighted by atomic mass is 10.3. The van der Waals surface area contributed by atoms with Gasteiger partial charge >= 0.3 is 0 Å². The minimum atomic E-state index is 0.605. The van der Waals surface area contributed by atoms with Gasteiger partial charge in [-0.05, 0) is 13.5 Å². The molecule has 4 nitrogen and oxygen atoms in total. The summed E-state index contributed by atoms with van der Waals surface area (Å²) < 4.78 is 1.75. The Hall–Kier alpha value is -0.900. The van der Waals surface area contributed by atoms with Crippen LogP contribution in [0, 0.1) is 0 Å². The molecular weight excluding hydrogens is 140 g/mol. The van der Waals surface area contributed by atoms with Gasteiger partial charge in [0, 0.05) is 25.2 Å². The zero-order chi connectivity index (χ0) is 7.84. The second-order valence-corrected chi connectivity index (χ2v) is 3.05. The maximum Gasteiger partial charge on any atom is 0.0873 e. The third-order valence-corrected chi connectivity index (χ3v) is 2.16. The molecule has 0 aromatic carbocycles. The highest BCUT2D eigenvalue weighted by Crippen LogP contribution is 2.38. The molecule has 0 radical (unpaired) electrons. The van der Waals surface area contributed by atoms with Crippen molar-refractivity contribution in [1.29, 1.82) is 0 Å². The Kier molecular flexibility index (Phi) is 1.42. The summed E-state index contributed by atoms with van der Waals surface area (Å²) in [6.07, 6.45) is 3.19. The molecule has 1 aliphatic rings. The first-order valence-corrected chi connectivity index (χ1v) is 3.84. The van der Waals surface area contributed by atoms with Crippen LogP contribution in [-0.2, 0) is 7.05 Å². The molecular formula is C7H12N4. The van der Waals surface area contributed by atoms with Crippen LogP contribution in [0.2, 0.25) is 0 Å². The third kappa shape index (κ3) is 1.14. The van der Waals surface area contributed by atoms with E-state index in [2.05, 4.69) is 15.6 Å². The highest BCUT2D eigenvalue weighted by molar-refractivity contribution is 5.16. The smallest absolute Gasteiger partial charge is 0.0873 e. The first-order chi connectivity index (χ1) is 5.31. The van der Waals surface area contributed by atoms with Gasteiger partial charge in [-0.3, -0.25) is 4.68 Å². The number of nitrogens with one attached hydrogen (secondary N) is 1. The summed E-state index contributed by atoms with van der Waals surface area (Å²) in [6, 6.07) is 0.631. The molecule has 0 aliphatic heterocycles. The van der Waals surface area contributed by atoms with Crippen LogP contribution in [0.1, 0.15) is 18.0 Å². The molecule has 4 heteroatoms. The van der Waals surface area contributed by atoms with Crippen molar-refractivity contribution in [2.45, 2.75) is 18.4 Å². The van der Waals surface area contributed by atoms with Gasteiger partial charge < -0.3 is 5.32 Å². The van der Waals surface area contributed by atoms with E-state index in [1.165, 1.54) is 6.42 Å². The summed E-state index contributed by atoms with van der Waals surface area (Å²) >= 11 is 0. The Bertz CT molecular complexity index is 255. The molecule has 2 atom stereocenters. The number of aromatic nitrogens is 3. The second kappa shape index (κ2) is 2.30. The molecule has 1 saturated carbocycles. The summed E-state index contributed by atoms with van der Waals surface area (Å²) in [7, 11) is 3.88. The fourth-order valence-corrected chi connectivity index (χ4v) is 1.38. The van der Waals surface area contributed by atoms with Crippen LogP contribution in [0.3, 0.4) is 0 Å². The highest BCUT2D eigenvalue weighted by Gasteiger charge is 2.38. The summed E-state index contributed by atoms with van der Waals surface area (Å²) in [5.41, 5.74) is 1.12. The summed E-state index contributed by atoms with van der Waals surface area (Å²) in [5, 5.41) is 11.2. The lowest BCUT2D eigenvalue weighted by molar-refractivity contribution is 0.712. The van der Waals surface area contributed by atoms with E-state index >= 15 is 0 Å². The van der Waals surface area contributed by atoms with Crippen molar-refractivity contribution in [3.63, 3.8) is 0 Å². The molecule has 1 aliphatic carbocycles. The van der Waals surface area contributed by atoms with Crippen molar-refractivity contribution in [2.75, 3.05) is 7.05 Å². The Morgan fingerprint density at radius 1 is 1.73 bits per heavy atom. The van der Waals surface area contributed by atoms with E-state index in [1.807, 2.05) is 20.3 Å². The minimum Gasteiger partial charge on any atom is -0.316 e. The van der Waals surface area contributed by atoms with Crippen LogP contribution in [0.4, 0.5) is 0 Å². The Balaban J connectivity index is 2.08. The normalized spacial score (nSPS) is 28.9. The minimum absolute atomic E-state index is 0.605. The summed E-state index contributed by atoms with van der Waals surface area (Å²) in [6.45, 7) is 0. The Morgan fingerprint density at radius 3 is 3.00 bits per heavy atom. The standard InChI is InChI=1S/C7H12N4/c1-8-6-3-5(6)7-4-11(2)10-9-7/h4-6,8H,3H2,1-2H3. The predicted octanol–water partition coefficient (Wildman–Crippen LogP) is -0.110. The first kappa shape index (κ1) is 6.79. The van der Waals surface area contributed by atoms with Gasteiger partial charge in [-0.1, -0.05) is 5.21 Å². The molecule has 1 heterocycles. The Morgan fingerprint density at radius 2 is 2.55 bits per heavy atom. The largest absolute Gasteiger partial charge is 0.316 e.